The first-order valence-electron chi connectivity index (χ1n) is 8.18. The summed E-state index contributed by atoms with van der Waals surface area (Å²) in [6.45, 7) is 3.18. The highest BCUT2D eigenvalue weighted by molar-refractivity contribution is 7.59. The van der Waals surface area contributed by atoms with Crippen LogP contribution in [-0.2, 0) is 16.1 Å². The standard InChI is InChI=1S/C16H18ClF3N3O2P/c1-26(24,23-7-3-2-4-8-23)10-12-6-5-11(9-13(12)18)14-21-15(25-22-14)16(17,19)20/h5-6,9H,2-4,7-8,10H2,1H3. The van der Waals surface area contributed by atoms with Gasteiger partial charge in [-0.2, -0.15) is 13.8 Å². The summed E-state index contributed by atoms with van der Waals surface area (Å²) in [5, 5.41) is -0.393. The molecule has 1 saturated heterocycles. The molecule has 1 atom stereocenters. The summed E-state index contributed by atoms with van der Waals surface area (Å²) >= 11 is 4.82. The monoisotopic (exact) mass is 407 g/mol. The molecule has 0 spiro atoms. The third kappa shape index (κ3) is 4.30. The molecule has 5 nitrogen and oxygen atoms in total. The van der Waals surface area contributed by atoms with Gasteiger partial charge in [-0.3, -0.25) is 4.67 Å². The molecule has 3 rings (SSSR count). The smallest absolute Gasteiger partial charge is 0.331 e. The number of rotatable bonds is 5. The number of aromatic nitrogens is 2. The summed E-state index contributed by atoms with van der Waals surface area (Å²) in [7, 11) is -2.69. The van der Waals surface area contributed by atoms with Crippen LogP contribution in [0.25, 0.3) is 11.4 Å². The normalized spacial score (nSPS) is 18.7. The van der Waals surface area contributed by atoms with E-state index in [1.165, 1.54) is 12.1 Å². The van der Waals surface area contributed by atoms with E-state index in [9.17, 15) is 17.7 Å². The highest BCUT2D eigenvalue weighted by Gasteiger charge is 2.36. The molecule has 1 aliphatic rings. The van der Waals surface area contributed by atoms with Gasteiger partial charge >= 0.3 is 11.3 Å². The van der Waals surface area contributed by atoms with Crippen molar-refractivity contribution < 1.29 is 22.3 Å². The molecular formula is C16H18ClF3N3O2P. The van der Waals surface area contributed by atoms with Crippen LogP contribution in [0.3, 0.4) is 0 Å². The van der Waals surface area contributed by atoms with E-state index >= 15 is 0 Å². The maximum absolute atomic E-state index is 14.5. The Balaban J connectivity index is 1.79. The first-order valence-corrected chi connectivity index (χ1v) is 10.9. The molecule has 1 aromatic heterocycles. The molecule has 0 saturated carbocycles. The average Bonchev–Trinajstić information content (AvgIpc) is 3.08. The molecule has 0 bridgehead atoms. The summed E-state index contributed by atoms with van der Waals surface area (Å²) in [4.78, 5) is 3.48. The molecule has 142 valence electrons. The lowest BCUT2D eigenvalue weighted by molar-refractivity contribution is 0.0551. The summed E-state index contributed by atoms with van der Waals surface area (Å²) < 4.78 is 59.7. The second kappa shape index (κ2) is 7.33. The van der Waals surface area contributed by atoms with Crippen molar-refractivity contribution in [1.82, 2.24) is 14.8 Å². The molecule has 0 amide bonds. The van der Waals surface area contributed by atoms with Crippen LogP contribution in [0, 0.1) is 5.82 Å². The van der Waals surface area contributed by atoms with E-state index in [0.717, 1.165) is 38.4 Å². The number of hydrogen-bond acceptors (Lipinski definition) is 4. The van der Waals surface area contributed by atoms with Crippen molar-refractivity contribution >= 4 is 18.9 Å². The lowest BCUT2D eigenvalue weighted by Gasteiger charge is -2.32. The van der Waals surface area contributed by atoms with Crippen molar-refractivity contribution in [3.63, 3.8) is 0 Å². The predicted molar refractivity (Wildman–Crippen MR) is 92.1 cm³/mol. The third-order valence-corrected chi connectivity index (χ3v) is 7.06. The SMILES string of the molecule is CP(=O)(Cc1ccc(-c2noc(C(F)(F)Cl)n2)cc1F)N1CCCCC1. The lowest BCUT2D eigenvalue weighted by atomic mass is 10.1. The maximum Gasteiger partial charge on any atom is 0.400 e. The molecule has 1 aliphatic heterocycles. The largest absolute Gasteiger partial charge is 0.400 e. The molecule has 1 unspecified atom stereocenters. The molecule has 0 N–H and O–H groups in total. The highest BCUT2D eigenvalue weighted by atomic mass is 35.5. The second-order valence-corrected chi connectivity index (χ2v) is 9.91. The van der Waals surface area contributed by atoms with Crippen LogP contribution in [0.15, 0.2) is 22.7 Å². The van der Waals surface area contributed by atoms with Crippen LogP contribution in [0.4, 0.5) is 13.2 Å². The molecule has 2 heterocycles. The van der Waals surface area contributed by atoms with E-state index in [1.54, 1.807) is 6.66 Å². The van der Waals surface area contributed by atoms with Gasteiger partial charge < -0.3 is 9.09 Å². The Labute approximate surface area is 153 Å². The van der Waals surface area contributed by atoms with Crippen molar-refractivity contribution in [2.45, 2.75) is 30.8 Å². The first kappa shape index (κ1) is 19.4. The quantitative estimate of drug-likeness (QED) is 0.512. The topological polar surface area (TPSA) is 59.2 Å². The summed E-state index contributed by atoms with van der Waals surface area (Å²) in [6.07, 6.45) is 3.21. The molecule has 10 heteroatoms. The van der Waals surface area contributed by atoms with E-state index in [2.05, 4.69) is 14.7 Å². The molecule has 1 aromatic carbocycles. The van der Waals surface area contributed by atoms with Crippen molar-refractivity contribution in [1.29, 1.82) is 0 Å². The van der Waals surface area contributed by atoms with Gasteiger partial charge in [0.1, 0.15) is 5.82 Å². The van der Waals surface area contributed by atoms with E-state index in [0.29, 0.717) is 5.56 Å². The van der Waals surface area contributed by atoms with Gasteiger partial charge in [0.25, 0.3) is 0 Å². The maximum atomic E-state index is 14.5. The number of benzene rings is 1. The zero-order valence-electron chi connectivity index (χ0n) is 14.1. The fourth-order valence-electron chi connectivity index (χ4n) is 2.99. The Morgan fingerprint density at radius 1 is 1.31 bits per heavy atom. The number of hydrogen-bond donors (Lipinski definition) is 0. The van der Waals surface area contributed by atoms with Crippen LogP contribution in [0.2, 0.25) is 0 Å². The lowest BCUT2D eigenvalue weighted by Crippen LogP contribution is -2.27. The minimum absolute atomic E-state index is 0.107. The molecule has 26 heavy (non-hydrogen) atoms. The summed E-state index contributed by atoms with van der Waals surface area (Å²) in [5.41, 5.74) is 0.475. The number of alkyl halides is 3. The van der Waals surface area contributed by atoms with Crippen LogP contribution in [0.1, 0.15) is 30.7 Å². The molecule has 2 aromatic rings. The molecule has 1 fully saturated rings. The Morgan fingerprint density at radius 2 is 2.00 bits per heavy atom. The van der Waals surface area contributed by atoms with Crippen LogP contribution in [-0.4, -0.2) is 34.6 Å². The van der Waals surface area contributed by atoms with Gasteiger partial charge in [-0.05, 0) is 36.1 Å². The van der Waals surface area contributed by atoms with Gasteiger partial charge in [0, 0.05) is 31.5 Å². The third-order valence-electron chi connectivity index (χ3n) is 4.37. The van der Waals surface area contributed by atoms with Crippen LogP contribution in [0.5, 0.6) is 0 Å². The molecule has 0 radical (unpaired) electrons. The number of nitrogens with zero attached hydrogens (tertiary/aromatic N) is 3. The van der Waals surface area contributed by atoms with E-state index in [-0.39, 0.29) is 17.5 Å². The molecule has 0 aliphatic carbocycles. The molecular weight excluding hydrogens is 390 g/mol. The average molecular weight is 408 g/mol. The predicted octanol–water partition coefficient (Wildman–Crippen LogP) is 5.06. The highest BCUT2D eigenvalue weighted by Crippen LogP contribution is 2.50. The minimum Gasteiger partial charge on any atom is -0.331 e. The number of halogens is 4. The fourth-order valence-corrected chi connectivity index (χ4v) is 5.28. The van der Waals surface area contributed by atoms with E-state index in [4.69, 9.17) is 11.6 Å². The van der Waals surface area contributed by atoms with Gasteiger partial charge in [-0.1, -0.05) is 23.7 Å². The summed E-state index contributed by atoms with van der Waals surface area (Å²) in [5.74, 6) is -1.84. The van der Waals surface area contributed by atoms with Gasteiger partial charge in [-0.25, -0.2) is 4.39 Å². The zero-order chi connectivity index (χ0) is 18.9. The number of piperidine rings is 1. The minimum atomic E-state index is -3.78. The van der Waals surface area contributed by atoms with Gasteiger partial charge in [0.15, 0.2) is 7.29 Å². The van der Waals surface area contributed by atoms with Crippen molar-refractivity contribution in [3.05, 3.63) is 35.5 Å². The van der Waals surface area contributed by atoms with Gasteiger partial charge in [-0.15, -0.1) is 0 Å². The van der Waals surface area contributed by atoms with Crippen molar-refractivity contribution in [3.8, 4) is 11.4 Å². The Hall–Kier alpha value is -1.37. The fraction of sp³-hybridized carbons (Fsp3) is 0.500. The Morgan fingerprint density at radius 3 is 2.58 bits per heavy atom. The van der Waals surface area contributed by atoms with E-state index in [1.807, 2.05) is 4.67 Å². The second-order valence-electron chi connectivity index (χ2n) is 6.45. The summed E-state index contributed by atoms with van der Waals surface area (Å²) in [6, 6.07) is 4.07. The first-order chi connectivity index (χ1) is 12.2. The van der Waals surface area contributed by atoms with Gasteiger partial charge in [0.05, 0.1) is 0 Å². The van der Waals surface area contributed by atoms with Crippen molar-refractivity contribution in [2.75, 3.05) is 19.8 Å². The van der Waals surface area contributed by atoms with Gasteiger partial charge in [0.2, 0.25) is 5.82 Å². The van der Waals surface area contributed by atoms with Crippen LogP contribution < -0.4 is 0 Å². The van der Waals surface area contributed by atoms with E-state index < -0.39 is 24.4 Å². The van der Waals surface area contributed by atoms with Crippen LogP contribution >= 0.6 is 18.9 Å². The zero-order valence-corrected chi connectivity index (χ0v) is 15.7. The van der Waals surface area contributed by atoms with Crippen molar-refractivity contribution in [2.24, 2.45) is 0 Å². The Kier molecular flexibility index (Phi) is 5.47. The Bertz CT molecular complexity index is 834.